The van der Waals surface area contributed by atoms with Gasteiger partial charge in [0.2, 0.25) is 5.91 Å². The molecule has 0 radical (unpaired) electrons. The topological polar surface area (TPSA) is 51.0 Å². The molecule has 0 spiro atoms. The zero-order valence-electron chi connectivity index (χ0n) is 15.1. The Morgan fingerprint density at radius 2 is 2.12 bits per heavy atom. The molecule has 6 heteroatoms. The van der Waals surface area contributed by atoms with Crippen molar-refractivity contribution in [2.75, 3.05) is 6.54 Å². The van der Waals surface area contributed by atoms with E-state index in [-0.39, 0.29) is 17.8 Å². The van der Waals surface area contributed by atoms with E-state index in [1.165, 1.54) is 6.07 Å². The van der Waals surface area contributed by atoms with E-state index >= 15 is 0 Å². The molecule has 3 rings (SSSR count). The summed E-state index contributed by atoms with van der Waals surface area (Å²) in [5, 5.41) is 4.57. The number of benzene rings is 1. The van der Waals surface area contributed by atoms with E-state index in [1.807, 2.05) is 11.8 Å². The molecule has 1 aromatic carbocycles. The third-order valence-corrected chi connectivity index (χ3v) is 4.52. The van der Waals surface area contributed by atoms with E-state index in [2.05, 4.69) is 18.9 Å². The molecule has 25 heavy (non-hydrogen) atoms. The third kappa shape index (κ3) is 3.57. The zero-order valence-corrected chi connectivity index (χ0v) is 15.1. The second kappa shape index (κ2) is 7.33. The molecule has 1 amide bonds. The first-order chi connectivity index (χ1) is 12.0. The zero-order chi connectivity index (χ0) is 18.0. The van der Waals surface area contributed by atoms with Crippen molar-refractivity contribution in [3.63, 3.8) is 0 Å². The third-order valence-electron chi connectivity index (χ3n) is 4.52. The lowest BCUT2D eigenvalue weighted by Crippen LogP contribution is -2.31. The highest BCUT2D eigenvalue weighted by molar-refractivity contribution is 5.76. The van der Waals surface area contributed by atoms with Gasteiger partial charge in [0.25, 0.3) is 0 Å². The maximum atomic E-state index is 14.4. The average molecular weight is 344 g/mol. The molecular weight excluding hydrogens is 319 g/mol. The number of rotatable bonds is 5. The monoisotopic (exact) mass is 344 g/mol. The van der Waals surface area contributed by atoms with Gasteiger partial charge in [-0.3, -0.25) is 4.79 Å². The molecule has 0 saturated carbocycles. The van der Waals surface area contributed by atoms with Crippen LogP contribution in [0, 0.1) is 11.7 Å². The number of nitrogens with zero attached hydrogens (tertiary/aromatic N) is 4. The molecule has 1 atom stereocenters. The van der Waals surface area contributed by atoms with Gasteiger partial charge in [-0.05, 0) is 30.9 Å². The summed E-state index contributed by atoms with van der Waals surface area (Å²) in [6.45, 7) is 6.79. The second-order valence-electron chi connectivity index (χ2n) is 6.95. The number of carbonyl (C=O) groups is 1. The smallest absolute Gasteiger partial charge is 0.222 e. The van der Waals surface area contributed by atoms with Gasteiger partial charge in [-0.1, -0.05) is 32.9 Å². The van der Waals surface area contributed by atoms with Crippen molar-refractivity contribution in [3.05, 3.63) is 41.7 Å². The Labute approximate surface area is 147 Å². The van der Waals surface area contributed by atoms with Gasteiger partial charge < -0.3 is 4.90 Å². The summed E-state index contributed by atoms with van der Waals surface area (Å²) in [6.07, 6.45) is 2.95. The van der Waals surface area contributed by atoms with Gasteiger partial charge in [-0.15, -0.1) is 0 Å². The van der Waals surface area contributed by atoms with Crippen molar-refractivity contribution in [2.24, 2.45) is 5.92 Å². The van der Waals surface area contributed by atoms with E-state index in [0.717, 1.165) is 25.8 Å². The standard InChI is InChI=1S/C19H25FN4O/c1-4-18(25)23-11-7-10-16(23)19-21-17(12-13(2)3)22-24(19)15-9-6-5-8-14(15)20/h5-6,8-9,13,16H,4,7,10-12H2,1-3H3/t16-/m1/s1. The number of aromatic nitrogens is 3. The number of halogens is 1. The van der Waals surface area contributed by atoms with Crippen molar-refractivity contribution >= 4 is 5.91 Å². The summed E-state index contributed by atoms with van der Waals surface area (Å²) in [4.78, 5) is 18.9. The molecule has 1 aliphatic rings. The normalized spacial score (nSPS) is 17.5. The molecule has 1 saturated heterocycles. The first-order valence-corrected chi connectivity index (χ1v) is 9.01. The maximum Gasteiger partial charge on any atom is 0.222 e. The molecule has 5 nitrogen and oxygen atoms in total. The van der Waals surface area contributed by atoms with Crippen LogP contribution in [0.15, 0.2) is 24.3 Å². The molecule has 0 aliphatic carbocycles. The minimum Gasteiger partial charge on any atom is -0.332 e. The van der Waals surface area contributed by atoms with Crippen molar-refractivity contribution in [3.8, 4) is 5.69 Å². The van der Waals surface area contributed by atoms with Crippen molar-refractivity contribution in [1.82, 2.24) is 19.7 Å². The van der Waals surface area contributed by atoms with Crippen LogP contribution in [0.2, 0.25) is 0 Å². The van der Waals surface area contributed by atoms with Crippen molar-refractivity contribution in [1.29, 1.82) is 0 Å². The van der Waals surface area contributed by atoms with Crippen LogP contribution >= 0.6 is 0 Å². The van der Waals surface area contributed by atoms with Crippen LogP contribution in [0.25, 0.3) is 5.69 Å². The fourth-order valence-corrected chi connectivity index (χ4v) is 3.37. The highest BCUT2D eigenvalue weighted by atomic mass is 19.1. The molecule has 0 unspecified atom stereocenters. The first-order valence-electron chi connectivity index (χ1n) is 9.01. The van der Waals surface area contributed by atoms with Gasteiger partial charge in [-0.2, -0.15) is 5.10 Å². The maximum absolute atomic E-state index is 14.4. The minimum atomic E-state index is -0.337. The Bertz CT molecular complexity index is 756. The van der Waals surface area contributed by atoms with Crippen LogP contribution in [0.5, 0.6) is 0 Å². The van der Waals surface area contributed by atoms with Crippen molar-refractivity contribution in [2.45, 2.75) is 52.5 Å². The van der Waals surface area contributed by atoms with Gasteiger partial charge in [0.15, 0.2) is 11.6 Å². The van der Waals surface area contributed by atoms with Crippen LogP contribution in [-0.2, 0) is 11.2 Å². The number of carbonyl (C=O) groups excluding carboxylic acids is 1. The lowest BCUT2D eigenvalue weighted by atomic mass is 10.1. The highest BCUT2D eigenvalue weighted by Gasteiger charge is 2.34. The fraction of sp³-hybridized carbons (Fsp3) is 0.526. The van der Waals surface area contributed by atoms with E-state index in [1.54, 1.807) is 22.9 Å². The number of para-hydroxylation sites is 1. The van der Waals surface area contributed by atoms with Gasteiger partial charge in [0.05, 0.1) is 6.04 Å². The molecule has 1 fully saturated rings. The Balaban J connectivity index is 2.06. The van der Waals surface area contributed by atoms with Crippen LogP contribution in [0.3, 0.4) is 0 Å². The lowest BCUT2D eigenvalue weighted by molar-refractivity contribution is -0.131. The summed E-state index contributed by atoms with van der Waals surface area (Å²) >= 11 is 0. The predicted molar refractivity (Wildman–Crippen MR) is 93.8 cm³/mol. The summed E-state index contributed by atoms with van der Waals surface area (Å²) in [5.74, 6) is 1.54. The Morgan fingerprint density at radius 1 is 1.36 bits per heavy atom. The molecule has 0 bridgehead atoms. The van der Waals surface area contributed by atoms with E-state index in [9.17, 15) is 9.18 Å². The van der Waals surface area contributed by atoms with Crippen LogP contribution in [0.1, 0.15) is 57.7 Å². The summed E-state index contributed by atoms with van der Waals surface area (Å²) < 4.78 is 16.0. The fourth-order valence-electron chi connectivity index (χ4n) is 3.37. The van der Waals surface area contributed by atoms with Gasteiger partial charge >= 0.3 is 0 Å². The second-order valence-corrected chi connectivity index (χ2v) is 6.95. The molecule has 2 heterocycles. The number of likely N-dealkylation sites (tertiary alicyclic amines) is 1. The molecule has 134 valence electrons. The molecule has 1 aromatic heterocycles. The number of amides is 1. The van der Waals surface area contributed by atoms with E-state index in [0.29, 0.717) is 29.7 Å². The van der Waals surface area contributed by atoms with E-state index in [4.69, 9.17) is 4.98 Å². The highest BCUT2D eigenvalue weighted by Crippen LogP contribution is 2.33. The Kier molecular flexibility index (Phi) is 5.16. The molecule has 2 aromatic rings. The van der Waals surface area contributed by atoms with Crippen LogP contribution in [-0.4, -0.2) is 32.1 Å². The SMILES string of the molecule is CCC(=O)N1CCC[C@@H]1c1nc(CC(C)C)nn1-c1ccccc1F. The Hall–Kier alpha value is -2.24. The summed E-state index contributed by atoms with van der Waals surface area (Å²) in [5.41, 5.74) is 0.385. The minimum absolute atomic E-state index is 0.107. The molecule has 1 aliphatic heterocycles. The van der Waals surface area contributed by atoms with Crippen LogP contribution in [0.4, 0.5) is 4.39 Å². The van der Waals surface area contributed by atoms with Gasteiger partial charge in [0.1, 0.15) is 11.5 Å². The molecule has 0 N–H and O–H groups in total. The molecular formula is C19H25FN4O. The number of hydrogen-bond donors (Lipinski definition) is 0. The van der Waals surface area contributed by atoms with Crippen molar-refractivity contribution < 1.29 is 9.18 Å². The predicted octanol–water partition coefficient (Wildman–Crippen LogP) is 3.68. The first kappa shape index (κ1) is 17.6. The van der Waals surface area contributed by atoms with E-state index < -0.39 is 0 Å². The summed E-state index contributed by atoms with van der Waals surface area (Å²) in [6, 6.07) is 6.43. The van der Waals surface area contributed by atoms with Crippen LogP contribution < -0.4 is 0 Å². The largest absolute Gasteiger partial charge is 0.332 e. The number of hydrogen-bond acceptors (Lipinski definition) is 3. The van der Waals surface area contributed by atoms with Gasteiger partial charge in [0, 0.05) is 19.4 Å². The Morgan fingerprint density at radius 3 is 2.80 bits per heavy atom. The summed E-state index contributed by atoms with van der Waals surface area (Å²) in [7, 11) is 0. The average Bonchev–Trinajstić information content (AvgIpc) is 3.20. The lowest BCUT2D eigenvalue weighted by Gasteiger charge is -2.24. The van der Waals surface area contributed by atoms with Gasteiger partial charge in [-0.25, -0.2) is 14.1 Å². The quantitative estimate of drug-likeness (QED) is 0.831.